The van der Waals surface area contributed by atoms with Crippen molar-refractivity contribution in [3.05, 3.63) is 0 Å². The first-order valence-corrected chi connectivity index (χ1v) is 6.69. The summed E-state index contributed by atoms with van der Waals surface area (Å²) in [7, 11) is 0. The number of hydrogen-bond donors (Lipinski definition) is 1. The molecule has 0 aromatic rings. The van der Waals surface area contributed by atoms with Gasteiger partial charge in [0.05, 0.1) is 0 Å². The average Bonchev–Trinajstić information content (AvgIpc) is 2.75. The molecular formula is C13H22N2O3. The van der Waals surface area contributed by atoms with E-state index in [9.17, 15) is 9.59 Å². The van der Waals surface area contributed by atoms with Gasteiger partial charge < -0.3 is 14.9 Å². The first kappa shape index (κ1) is 13.2. The number of nitrogens with zero attached hydrogens (tertiary/aromatic N) is 2. The summed E-state index contributed by atoms with van der Waals surface area (Å²) in [6, 6.07) is -0.713. The fourth-order valence-corrected chi connectivity index (χ4v) is 3.02. The third-order valence-electron chi connectivity index (χ3n) is 3.95. The van der Waals surface area contributed by atoms with Crippen molar-refractivity contribution in [3.63, 3.8) is 0 Å². The van der Waals surface area contributed by atoms with Crippen molar-refractivity contribution in [2.24, 2.45) is 5.41 Å². The number of amides is 2. The Balaban J connectivity index is 2.04. The van der Waals surface area contributed by atoms with Crippen LogP contribution in [-0.2, 0) is 4.79 Å². The van der Waals surface area contributed by atoms with Gasteiger partial charge in [0.1, 0.15) is 6.04 Å². The summed E-state index contributed by atoms with van der Waals surface area (Å²) in [5, 5.41) is 9.12. The van der Waals surface area contributed by atoms with Crippen molar-refractivity contribution < 1.29 is 14.7 Å². The normalized spacial score (nSPS) is 27.3. The highest BCUT2D eigenvalue weighted by molar-refractivity contribution is 5.83. The van der Waals surface area contributed by atoms with Gasteiger partial charge in [0.2, 0.25) is 0 Å². The standard InChI is InChI=1S/C13H22N2O3/c1-13(2)6-4-7-14(9-13)12(18)15-8-3-5-10(15)11(16)17/h10H,3-9H2,1-2H3,(H,16,17)/t10-/m1/s1. The fraction of sp³-hybridized carbons (Fsp3) is 0.846. The smallest absolute Gasteiger partial charge is 0.326 e. The first-order valence-electron chi connectivity index (χ1n) is 6.69. The fourth-order valence-electron chi connectivity index (χ4n) is 3.02. The van der Waals surface area contributed by atoms with Crippen LogP contribution < -0.4 is 0 Å². The molecular weight excluding hydrogens is 232 g/mol. The first-order chi connectivity index (χ1) is 8.41. The number of carbonyl (C=O) groups excluding carboxylic acids is 1. The Hall–Kier alpha value is -1.26. The summed E-state index contributed by atoms with van der Waals surface area (Å²) in [6.07, 6.45) is 3.50. The van der Waals surface area contributed by atoms with Crippen LogP contribution in [0.15, 0.2) is 0 Å². The van der Waals surface area contributed by atoms with Gasteiger partial charge in [-0.05, 0) is 31.1 Å². The third kappa shape index (κ3) is 2.60. The second-order valence-electron chi connectivity index (χ2n) is 6.16. The summed E-state index contributed by atoms with van der Waals surface area (Å²) in [5.41, 5.74) is 0.145. The van der Waals surface area contributed by atoms with E-state index < -0.39 is 12.0 Å². The summed E-state index contributed by atoms with van der Waals surface area (Å²) in [5.74, 6) is -0.878. The Bertz CT molecular complexity index is 354. The molecule has 2 fully saturated rings. The zero-order valence-electron chi connectivity index (χ0n) is 11.2. The minimum Gasteiger partial charge on any atom is -0.480 e. The average molecular weight is 254 g/mol. The molecule has 0 aromatic heterocycles. The maximum Gasteiger partial charge on any atom is 0.326 e. The highest BCUT2D eigenvalue weighted by Gasteiger charge is 2.38. The molecule has 2 amide bonds. The Morgan fingerprint density at radius 3 is 2.56 bits per heavy atom. The van der Waals surface area contributed by atoms with Crippen LogP contribution in [0, 0.1) is 5.41 Å². The molecule has 0 spiro atoms. The molecule has 2 heterocycles. The van der Waals surface area contributed by atoms with Gasteiger partial charge in [0.15, 0.2) is 0 Å². The van der Waals surface area contributed by atoms with E-state index in [1.807, 2.05) is 4.90 Å². The summed E-state index contributed by atoms with van der Waals surface area (Å²) in [6.45, 7) is 6.38. The van der Waals surface area contributed by atoms with Crippen LogP contribution in [0.4, 0.5) is 4.79 Å². The van der Waals surface area contributed by atoms with E-state index in [1.54, 1.807) is 0 Å². The van der Waals surface area contributed by atoms with Gasteiger partial charge in [-0.2, -0.15) is 0 Å². The zero-order valence-corrected chi connectivity index (χ0v) is 11.2. The molecule has 1 N–H and O–H groups in total. The molecule has 18 heavy (non-hydrogen) atoms. The topological polar surface area (TPSA) is 60.9 Å². The molecule has 0 bridgehead atoms. The molecule has 5 nitrogen and oxygen atoms in total. The highest BCUT2D eigenvalue weighted by atomic mass is 16.4. The molecule has 0 radical (unpaired) electrons. The van der Waals surface area contributed by atoms with Crippen molar-refractivity contribution in [3.8, 4) is 0 Å². The number of piperidine rings is 1. The quantitative estimate of drug-likeness (QED) is 0.776. The predicted octanol–water partition coefficient (Wildman–Crippen LogP) is 1.78. The SMILES string of the molecule is CC1(C)CCCN(C(=O)N2CCC[C@@H]2C(=O)O)C1. The molecule has 102 valence electrons. The van der Waals surface area contributed by atoms with Crippen LogP contribution in [0.2, 0.25) is 0 Å². The Kier molecular flexibility index (Phi) is 3.50. The van der Waals surface area contributed by atoms with E-state index in [0.29, 0.717) is 13.0 Å². The lowest BCUT2D eigenvalue weighted by Gasteiger charge is -2.40. The molecule has 0 saturated carbocycles. The Labute approximate surface area is 108 Å². The lowest BCUT2D eigenvalue weighted by Crippen LogP contribution is -2.52. The van der Waals surface area contributed by atoms with E-state index in [0.717, 1.165) is 32.4 Å². The lowest BCUT2D eigenvalue weighted by molar-refractivity contribution is -0.141. The molecule has 0 aliphatic carbocycles. The van der Waals surface area contributed by atoms with E-state index in [4.69, 9.17) is 5.11 Å². The number of rotatable bonds is 1. The van der Waals surface area contributed by atoms with Crippen LogP contribution in [-0.4, -0.2) is 52.6 Å². The number of urea groups is 1. The number of carbonyl (C=O) groups is 2. The van der Waals surface area contributed by atoms with Crippen LogP contribution >= 0.6 is 0 Å². The second-order valence-corrected chi connectivity index (χ2v) is 6.16. The van der Waals surface area contributed by atoms with Crippen molar-refractivity contribution in [2.75, 3.05) is 19.6 Å². The zero-order chi connectivity index (χ0) is 13.3. The number of aliphatic carboxylic acids is 1. The lowest BCUT2D eigenvalue weighted by atomic mass is 9.84. The van der Waals surface area contributed by atoms with E-state index in [-0.39, 0.29) is 11.4 Å². The Morgan fingerprint density at radius 2 is 1.94 bits per heavy atom. The summed E-state index contributed by atoms with van der Waals surface area (Å²) in [4.78, 5) is 26.9. The van der Waals surface area contributed by atoms with Crippen molar-refractivity contribution in [1.82, 2.24) is 9.80 Å². The van der Waals surface area contributed by atoms with Gasteiger partial charge in [-0.3, -0.25) is 0 Å². The van der Waals surface area contributed by atoms with Crippen molar-refractivity contribution in [1.29, 1.82) is 0 Å². The highest BCUT2D eigenvalue weighted by Crippen LogP contribution is 2.30. The largest absolute Gasteiger partial charge is 0.480 e. The van der Waals surface area contributed by atoms with Gasteiger partial charge in [-0.15, -0.1) is 0 Å². The minimum atomic E-state index is -0.878. The van der Waals surface area contributed by atoms with Gasteiger partial charge >= 0.3 is 12.0 Å². The van der Waals surface area contributed by atoms with Crippen molar-refractivity contribution in [2.45, 2.75) is 45.6 Å². The number of likely N-dealkylation sites (tertiary alicyclic amines) is 2. The van der Waals surface area contributed by atoms with Gasteiger partial charge in [-0.1, -0.05) is 13.8 Å². The van der Waals surface area contributed by atoms with E-state index in [2.05, 4.69) is 13.8 Å². The van der Waals surface area contributed by atoms with Crippen molar-refractivity contribution >= 4 is 12.0 Å². The molecule has 2 rings (SSSR count). The van der Waals surface area contributed by atoms with Gasteiger partial charge in [-0.25, -0.2) is 9.59 Å². The maximum atomic E-state index is 12.4. The van der Waals surface area contributed by atoms with E-state index >= 15 is 0 Å². The number of carboxylic acid groups (broad SMARTS) is 1. The molecule has 0 aromatic carbocycles. The number of carboxylic acids is 1. The number of hydrogen-bond acceptors (Lipinski definition) is 2. The van der Waals surface area contributed by atoms with Gasteiger partial charge in [0.25, 0.3) is 0 Å². The Morgan fingerprint density at radius 1 is 1.22 bits per heavy atom. The van der Waals surface area contributed by atoms with Crippen LogP contribution in [0.1, 0.15) is 39.5 Å². The monoisotopic (exact) mass is 254 g/mol. The maximum absolute atomic E-state index is 12.4. The molecule has 2 aliphatic rings. The van der Waals surface area contributed by atoms with Gasteiger partial charge in [0, 0.05) is 19.6 Å². The molecule has 5 heteroatoms. The molecule has 2 aliphatic heterocycles. The van der Waals surface area contributed by atoms with Crippen LogP contribution in [0.25, 0.3) is 0 Å². The van der Waals surface area contributed by atoms with Crippen LogP contribution in [0.3, 0.4) is 0 Å². The van der Waals surface area contributed by atoms with Crippen LogP contribution in [0.5, 0.6) is 0 Å². The molecule has 0 unspecified atom stereocenters. The summed E-state index contributed by atoms with van der Waals surface area (Å²) < 4.78 is 0. The molecule has 1 atom stereocenters. The molecule has 2 saturated heterocycles. The third-order valence-corrected chi connectivity index (χ3v) is 3.95. The second kappa shape index (κ2) is 4.78. The summed E-state index contributed by atoms with van der Waals surface area (Å²) >= 11 is 0. The predicted molar refractivity (Wildman–Crippen MR) is 67.3 cm³/mol. The van der Waals surface area contributed by atoms with E-state index in [1.165, 1.54) is 4.90 Å². The minimum absolute atomic E-state index is 0.0901.